The molecule has 16 heavy (non-hydrogen) atoms. The Kier molecular flexibility index (Phi) is 2.83. The van der Waals surface area contributed by atoms with E-state index in [1.807, 2.05) is 0 Å². The lowest BCUT2D eigenvalue weighted by molar-refractivity contribution is -0.151. The number of methoxy groups -OCH3 is 1. The van der Waals surface area contributed by atoms with E-state index in [9.17, 15) is 14.4 Å². The molecule has 1 heterocycles. The number of carbonyl (C=O) groups excluding carboxylic acids is 3. The van der Waals surface area contributed by atoms with E-state index in [2.05, 4.69) is 4.74 Å². The Bertz CT molecular complexity index is 331. The molecule has 0 aliphatic carbocycles. The van der Waals surface area contributed by atoms with Gasteiger partial charge in [0.1, 0.15) is 6.54 Å². The minimum Gasteiger partial charge on any atom is -0.468 e. The molecule has 1 aliphatic rings. The monoisotopic (exact) mass is 227 g/mol. The van der Waals surface area contributed by atoms with Gasteiger partial charge >= 0.3 is 5.97 Å². The Morgan fingerprint density at radius 2 is 1.50 bits per heavy atom. The molecule has 0 bridgehead atoms. The molecule has 0 aromatic carbocycles. The van der Waals surface area contributed by atoms with E-state index < -0.39 is 16.8 Å². The number of likely N-dealkylation sites (tertiary alicyclic amines) is 1. The van der Waals surface area contributed by atoms with Crippen molar-refractivity contribution in [3.63, 3.8) is 0 Å². The van der Waals surface area contributed by atoms with Crippen LogP contribution in [-0.2, 0) is 19.1 Å². The SMILES string of the molecule is COC(=O)CN1C(=O)C(C)(C)C(C)(C)C1=O. The normalized spacial score (nSPS) is 22.4. The molecule has 1 rings (SSSR count). The van der Waals surface area contributed by atoms with Gasteiger partial charge < -0.3 is 4.74 Å². The van der Waals surface area contributed by atoms with Crippen LogP contribution in [0.2, 0.25) is 0 Å². The summed E-state index contributed by atoms with van der Waals surface area (Å²) in [5, 5.41) is 0. The van der Waals surface area contributed by atoms with Crippen LogP contribution in [0.3, 0.4) is 0 Å². The zero-order valence-corrected chi connectivity index (χ0v) is 10.3. The topological polar surface area (TPSA) is 63.7 Å². The van der Waals surface area contributed by atoms with Crippen molar-refractivity contribution in [2.75, 3.05) is 13.7 Å². The quantitative estimate of drug-likeness (QED) is 0.511. The Balaban J connectivity index is 3.04. The number of ether oxygens (including phenoxy) is 1. The Morgan fingerprint density at radius 1 is 1.12 bits per heavy atom. The molecular formula is C11H17NO4. The van der Waals surface area contributed by atoms with Crippen LogP contribution in [0.25, 0.3) is 0 Å². The van der Waals surface area contributed by atoms with Crippen LogP contribution in [-0.4, -0.2) is 36.3 Å². The smallest absolute Gasteiger partial charge is 0.325 e. The number of hydrogen-bond acceptors (Lipinski definition) is 4. The van der Waals surface area contributed by atoms with Crippen molar-refractivity contribution in [2.45, 2.75) is 27.7 Å². The van der Waals surface area contributed by atoms with Gasteiger partial charge in [-0.2, -0.15) is 0 Å². The molecule has 0 atom stereocenters. The van der Waals surface area contributed by atoms with Crippen molar-refractivity contribution >= 4 is 17.8 Å². The first-order chi connectivity index (χ1) is 7.16. The van der Waals surface area contributed by atoms with Crippen molar-refractivity contribution in [1.82, 2.24) is 4.90 Å². The molecule has 1 saturated heterocycles. The lowest BCUT2D eigenvalue weighted by Crippen LogP contribution is -2.37. The molecule has 5 heteroatoms. The number of amides is 2. The molecule has 5 nitrogen and oxygen atoms in total. The van der Waals surface area contributed by atoms with Crippen molar-refractivity contribution < 1.29 is 19.1 Å². The summed E-state index contributed by atoms with van der Waals surface area (Å²) < 4.78 is 4.46. The van der Waals surface area contributed by atoms with Gasteiger partial charge in [0.05, 0.1) is 17.9 Å². The van der Waals surface area contributed by atoms with E-state index in [1.165, 1.54) is 7.11 Å². The third-order valence-corrected chi connectivity index (χ3v) is 3.64. The molecular weight excluding hydrogens is 210 g/mol. The first-order valence-electron chi connectivity index (χ1n) is 5.09. The van der Waals surface area contributed by atoms with Crippen molar-refractivity contribution in [1.29, 1.82) is 0 Å². The van der Waals surface area contributed by atoms with Gasteiger partial charge in [0.25, 0.3) is 0 Å². The van der Waals surface area contributed by atoms with Crippen LogP contribution in [0.5, 0.6) is 0 Å². The Morgan fingerprint density at radius 3 is 1.81 bits per heavy atom. The Labute approximate surface area is 94.7 Å². The van der Waals surface area contributed by atoms with Gasteiger partial charge in [-0.25, -0.2) is 0 Å². The van der Waals surface area contributed by atoms with Crippen LogP contribution in [0.15, 0.2) is 0 Å². The van der Waals surface area contributed by atoms with E-state index >= 15 is 0 Å². The predicted molar refractivity (Wildman–Crippen MR) is 56.3 cm³/mol. The summed E-state index contributed by atoms with van der Waals surface area (Å²) in [5.41, 5.74) is -1.59. The fraction of sp³-hybridized carbons (Fsp3) is 0.727. The zero-order valence-electron chi connectivity index (χ0n) is 10.3. The average molecular weight is 227 g/mol. The molecule has 90 valence electrons. The van der Waals surface area contributed by atoms with Gasteiger partial charge in [-0.15, -0.1) is 0 Å². The molecule has 0 aromatic heterocycles. The van der Waals surface area contributed by atoms with Gasteiger partial charge in [0.15, 0.2) is 0 Å². The summed E-state index contributed by atoms with van der Waals surface area (Å²) in [6.07, 6.45) is 0. The van der Waals surface area contributed by atoms with E-state index in [4.69, 9.17) is 0 Å². The largest absolute Gasteiger partial charge is 0.468 e. The van der Waals surface area contributed by atoms with Crippen LogP contribution in [0.1, 0.15) is 27.7 Å². The maximum Gasteiger partial charge on any atom is 0.325 e. The summed E-state index contributed by atoms with van der Waals surface area (Å²) in [7, 11) is 1.23. The first kappa shape index (κ1) is 12.7. The molecule has 0 aromatic rings. The molecule has 1 fully saturated rings. The second-order valence-electron chi connectivity index (χ2n) is 5.02. The highest BCUT2D eigenvalue weighted by molar-refractivity contribution is 6.10. The molecule has 0 N–H and O–H groups in total. The van der Waals surface area contributed by atoms with Crippen LogP contribution in [0.4, 0.5) is 0 Å². The second kappa shape index (κ2) is 3.57. The standard InChI is InChI=1S/C11H17NO4/c1-10(2)8(14)12(6-7(13)16-5)9(15)11(10,3)4/h6H2,1-5H3. The molecule has 0 spiro atoms. The van der Waals surface area contributed by atoms with Crippen LogP contribution < -0.4 is 0 Å². The summed E-state index contributed by atoms with van der Waals surface area (Å²) in [5.74, 6) is -1.24. The Hall–Kier alpha value is -1.39. The lowest BCUT2D eigenvalue weighted by Gasteiger charge is -2.28. The zero-order chi connectivity index (χ0) is 12.7. The molecule has 2 amide bonds. The minimum atomic E-state index is -0.794. The highest BCUT2D eigenvalue weighted by Crippen LogP contribution is 2.46. The minimum absolute atomic E-state index is 0.305. The summed E-state index contributed by atoms with van der Waals surface area (Å²) in [6.45, 7) is 6.55. The van der Waals surface area contributed by atoms with Crippen molar-refractivity contribution in [2.24, 2.45) is 10.8 Å². The number of imide groups is 1. The highest BCUT2D eigenvalue weighted by Gasteiger charge is 2.59. The molecule has 1 aliphatic heterocycles. The maximum atomic E-state index is 12.0. The van der Waals surface area contributed by atoms with Gasteiger partial charge in [-0.1, -0.05) is 0 Å². The van der Waals surface area contributed by atoms with E-state index in [0.29, 0.717) is 0 Å². The number of hydrogen-bond donors (Lipinski definition) is 0. The first-order valence-corrected chi connectivity index (χ1v) is 5.09. The van der Waals surface area contributed by atoms with Crippen LogP contribution >= 0.6 is 0 Å². The molecule has 0 unspecified atom stereocenters. The fourth-order valence-corrected chi connectivity index (χ4v) is 1.64. The number of carbonyl (C=O) groups is 3. The van der Waals surface area contributed by atoms with Crippen molar-refractivity contribution in [3.8, 4) is 0 Å². The number of rotatable bonds is 2. The van der Waals surface area contributed by atoms with Gasteiger partial charge in [-0.05, 0) is 27.7 Å². The molecule has 0 saturated carbocycles. The molecule has 0 radical (unpaired) electrons. The fourth-order valence-electron chi connectivity index (χ4n) is 1.64. The third kappa shape index (κ3) is 1.50. The number of nitrogens with zero attached hydrogens (tertiary/aromatic N) is 1. The predicted octanol–water partition coefficient (Wildman–Crippen LogP) is 0.581. The summed E-state index contributed by atoms with van der Waals surface area (Å²) >= 11 is 0. The lowest BCUT2D eigenvalue weighted by atomic mass is 9.70. The van der Waals surface area contributed by atoms with Crippen LogP contribution in [0, 0.1) is 10.8 Å². The number of esters is 1. The van der Waals surface area contributed by atoms with Gasteiger partial charge in [0, 0.05) is 0 Å². The average Bonchev–Trinajstić information content (AvgIpc) is 2.31. The van der Waals surface area contributed by atoms with E-state index in [-0.39, 0.29) is 18.4 Å². The second-order valence-corrected chi connectivity index (χ2v) is 5.02. The highest BCUT2D eigenvalue weighted by atomic mass is 16.5. The third-order valence-electron chi connectivity index (χ3n) is 3.64. The van der Waals surface area contributed by atoms with E-state index in [0.717, 1.165) is 4.90 Å². The summed E-state index contributed by atoms with van der Waals surface area (Å²) in [6, 6.07) is 0. The maximum absolute atomic E-state index is 12.0. The summed E-state index contributed by atoms with van der Waals surface area (Å²) in [4.78, 5) is 36.1. The van der Waals surface area contributed by atoms with E-state index in [1.54, 1.807) is 27.7 Å². The van der Waals surface area contributed by atoms with Gasteiger partial charge in [-0.3, -0.25) is 19.3 Å². The van der Waals surface area contributed by atoms with Crippen molar-refractivity contribution in [3.05, 3.63) is 0 Å². The van der Waals surface area contributed by atoms with Gasteiger partial charge in [0.2, 0.25) is 11.8 Å².